The number of phenolic OH excluding ortho intramolecular Hbond substituents is 1. The van der Waals surface area contributed by atoms with Crippen LogP contribution in [-0.4, -0.2) is 24.9 Å². The van der Waals surface area contributed by atoms with Crippen LogP contribution in [0.2, 0.25) is 0 Å². The van der Waals surface area contributed by atoms with E-state index >= 15 is 0 Å². The predicted octanol–water partition coefficient (Wildman–Crippen LogP) is 2.43. The molecule has 0 amide bonds. The summed E-state index contributed by atoms with van der Waals surface area (Å²) in [6.45, 7) is 2.75. The molecule has 0 aromatic heterocycles. The average molecular weight is 222 g/mol. The van der Waals surface area contributed by atoms with Crippen LogP contribution in [0.4, 0.5) is 0 Å². The summed E-state index contributed by atoms with van der Waals surface area (Å²) in [6.07, 6.45) is 1.85. The highest BCUT2D eigenvalue weighted by Gasteiger charge is 2.37. The highest BCUT2D eigenvalue weighted by Crippen LogP contribution is 2.38. The van der Waals surface area contributed by atoms with E-state index in [2.05, 4.69) is 6.92 Å². The SMILES string of the molecule is CO[C@]1(c2cccc(O)c2)CCO[C@H](C)C1. The molecule has 1 aromatic carbocycles. The molecule has 1 aliphatic heterocycles. The molecule has 1 aliphatic rings. The summed E-state index contributed by atoms with van der Waals surface area (Å²) in [6, 6.07) is 7.31. The Morgan fingerprint density at radius 3 is 2.94 bits per heavy atom. The number of benzene rings is 1. The van der Waals surface area contributed by atoms with Crippen molar-refractivity contribution in [3.05, 3.63) is 29.8 Å². The molecule has 0 aliphatic carbocycles. The molecule has 16 heavy (non-hydrogen) atoms. The summed E-state index contributed by atoms with van der Waals surface area (Å²) >= 11 is 0. The van der Waals surface area contributed by atoms with Crippen LogP contribution in [0, 0.1) is 0 Å². The van der Waals surface area contributed by atoms with Crippen molar-refractivity contribution in [3.63, 3.8) is 0 Å². The highest BCUT2D eigenvalue weighted by molar-refractivity contribution is 5.32. The number of rotatable bonds is 2. The van der Waals surface area contributed by atoms with E-state index in [1.54, 1.807) is 19.2 Å². The standard InChI is InChI=1S/C13H18O3/c1-10-9-13(15-2,6-7-16-10)11-4-3-5-12(14)8-11/h3-5,8,10,14H,6-7,9H2,1-2H3/t10-,13-/m1/s1. The third-order valence-electron chi connectivity index (χ3n) is 3.29. The molecule has 1 aromatic rings. The largest absolute Gasteiger partial charge is 0.508 e. The topological polar surface area (TPSA) is 38.7 Å². The number of hydrogen-bond acceptors (Lipinski definition) is 3. The maximum atomic E-state index is 9.53. The van der Waals surface area contributed by atoms with Crippen LogP contribution in [0.25, 0.3) is 0 Å². The van der Waals surface area contributed by atoms with E-state index in [0.29, 0.717) is 6.61 Å². The van der Waals surface area contributed by atoms with Crippen molar-refractivity contribution >= 4 is 0 Å². The molecule has 0 unspecified atom stereocenters. The van der Waals surface area contributed by atoms with Gasteiger partial charge in [-0.3, -0.25) is 0 Å². The summed E-state index contributed by atoms with van der Waals surface area (Å²) in [4.78, 5) is 0. The summed E-state index contributed by atoms with van der Waals surface area (Å²) in [5, 5.41) is 9.53. The van der Waals surface area contributed by atoms with Crippen LogP contribution in [0.15, 0.2) is 24.3 Å². The first kappa shape index (κ1) is 11.4. The van der Waals surface area contributed by atoms with Gasteiger partial charge in [0.05, 0.1) is 18.3 Å². The molecule has 0 spiro atoms. The van der Waals surface area contributed by atoms with Crippen molar-refractivity contribution in [1.29, 1.82) is 0 Å². The number of ether oxygens (including phenoxy) is 2. The molecule has 3 nitrogen and oxygen atoms in total. The fraction of sp³-hybridized carbons (Fsp3) is 0.538. The van der Waals surface area contributed by atoms with Gasteiger partial charge in [-0.05, 0) is 24.6 Å². The first-order chi connectivity index (χ1) is 7.66. The molecule has 2 rings (SSSR count). The van der Waals surface area contributed by atoms with E-state index in [-0.39, 0.29) is 17.5 Å². The molecule has 1 fully saturated rings. The molecular formula is C13H18O3. The lowest BCUT2D eigenvalue weighted by Crippen LogP contribution is -2.39. The number of aromatic hydroxyl groups is 1. The lowest BCUT2D eigenvalue weighted by Gasteiger charge is -2.39. The molecule has 1 saturated heterocycles. The second-order valence-corrected chi connectivity index (χ2v) is 4.38. The van der Waals surface area contributed by atoms with Gasteiger partial charge in [-0.1, -0.05) is 12.1 Å². The third kappa shape index (κ3) is 2.06. The first-order valence-electron chi connectivity index (χ1n) is 5.62. The van der Waals surface area contributed by atoms with Gasteiger partial charge in [-0.25, -0.2) is 0 Å². The zero-order valence-corrected chi connectivity index (χ0v) is 9.77. The molecule has 0 bridgehead atoms. The van der Waals surface area contributed by atoms with Crippen LogP contribution in [0.1, 0.15) is 25.3 Å². The Morgan fingerprint density at radius 1 is 1.50 bits per heavy atom. The highest BCUT2D eigenvalue weighted by atomic mass is 16.5. The minimum atomic E-state index is -0.309. The summed E-state index contributed by atoms with van der Waals surface area (Å²) in [5.74, 6) is 0.285. The lowest BCUT2D eigenvalue weighted by molar-refractivity contribution is -0.122. The summed E-state index contributed by atoms with van der Waals surface area (Å²) in [7, 11) is 1.72. The molecule has 1 N–H and O–H groups in total. The fourth-order valence-electron chi connectivity index (χ4n) is 2.41. The minimum Gasteiger partial charge on any atom is -0.508 e. The van der Waals surface area contributed by atoms with Crippen molar-refractivity contribution in [2.75, 3.05) is 13.7 Å². The Bertz CT molecular complexity index is 364. The van der Waals surface area contributed by atoms with E-state index in [1.165, 1.54) is 0 Å². The van der Waals surface area contributed by atoms with Crippen LogP contribution in [0.5, 0.6) is 5.75 Å². The van der Waals surface area contributed by atoms with Crippen LogP contribution in [0.3, 0.4) is 0 Å². The molecule has 3 heteroatoms. The van der Waals surface area contributed by atoms with Crippen molar-refractivity contribution < 1.29 is 14.6 Å². The van der Waals surface area contributed by atoms with E-state index in [4.69, 9.17) is 9.47 Å². The molecule has 0 radical (unpaired) electrons. The van der Waals surface area contributed by atoms with Gasteiger partial charge in [0.1, 0.15) is 5.75 Å². The van der Waals surface area contributed by atoms with Gasteiger partial charge in [0, 0.05) is 20.0 Å². The quantitative estimate of drug-likeness (QED) is 0.835. The van der Waals surface area contributed by atoms with Crippen LogP contribution < -0.4 is 0 Å². The second-order valence-electron chi connectivity index (χ2n) is 4.38. The summed E-state index contributed by atoms with van der Waals surface area (Å²) < 4.78 is 11.2. The zero-order valence-electron chi connectivity index (χ0n) is 9.77. The third-order valence-corrected chi connectivity index (χ3v) is 3.29. The van der Waals surface area contributed by atoms with Gasteiger partial charge in [0.25, 0.3) is 0 Å². The monoisotopic (exact) mass is 222 g/mol. The number of phenols is 1. The Labute approximate surface area is 96.0 Å². The molecule has 88 valence electrons. The van der Waals surface area contributed by atoms with Crippen molar-refractivity contribution in [2.24, 2.45) is 0 Å². The van der Waals surface area contributed by atoms with Gasteiger partial charge in [-0.15, -0.1) is 0 Å². The fourth-order valence-corrected chi connectivity index (χ4v) is 2.41. The van der Waals surface area contributed by atoms with E-state index in [1.807, 2.05) is 12.1 Å². The van der Waals surface area contributed by atoms with E-state index in [9.17, 15) is 5.11 Å². The van der Waals surface area contributed by atoms with Gasteiger partial charge in [0.2, 0.25) is 0 Å². The van der Waals surface area contributed by atoms with Crippen molar-refractivity contribution in [3.8, 4) is 5.75 Å². The van der Waals surface area contributed by atoms with Crippen molar-refractivity contribution in [2.45, 2.75) is 31.5 Å². The van der Waals surface area contributed by atoms with Crippen LogP contribution >= 0.6 is 0 Å². The second kappa shape index (κ2) is 4.44. The molecule has 1 heterocycles. The van der Waals surface area contributed by atoms with Crippen LogP contribution in [-0.2, 0) is 15.1 Å². The molecular weight excluding hydrogens is 204 g/mol. The van der Waals surface area contributed by atoms with E-state index < -0.39 is 0 Å². The normalized spacial score (nSPS) is 30.2. The Balaban J connectivity index is 2.33. The zero-order chi connectivity index (χ0) is 11.6. The average Bonchev–Trinajstić information content (AvgIpc) is 2.29. The maximum absolute atomic E-state index is 9.53. The van der Waals surface area contributed by atoms with E-state index in [0.717, 1.165) is 18.4 Å². The number of hydrogen-bond donors (Lipinski definition) is 1. The first-order valence-corrected chi connectivity index (χ1v) is 5.62. The molecule has 0 saturated carbocycles. The van der Waals surface area contributed by atoms with Gasteiger partial charge < -0.3 is 14.6 Å². The van der Waals surface area contributed by atoms with Gasteiger partial charge in [0.15, 0.2) is 0 Å². The predicted molar refractivity (Wildman–Crippen MR) is 61.4 cm³/mol. The lowest BCUT2D eigenvalue weighted by atomic mass is 9.83. The van der Waals surface area contributed by atoms with Gasteiger partial charge >= 0.3 is 0 Å². The minimum absolute atomic E-state index is 0.191. The van der Waals surface area contributed by atoms with Crippen molar-refractivity contribution in [1.82, 2.24) is 0 Å². The maximum Gasteiger partial charge on any atom is 0.115 e. The summed E-state index contributed by atoms with van der Waals surface area (Å²) in [5.41, 5.74) is 0.723. The number of methoxy groups -OCH3 is 1. The molecule has 2 atom stereocenters. The Kier molecular flexibility index (Phi) is 3.17. The smallest absolute Gasteiger partial charge is 0.115 e. The Morgan fingerprint density at radius 2 is 2.31 bits per heavy atom. The Hall–Kier alpha value is -1.06. The van der Waals surface area contributed by atoms with Gasteiger partial charge in [-0.2, -0.15) is 0 Å².